The quantitative estimate of drug-likeness (QED) is 0.649. The number of rotatable bonds is 0. The molecule has 0 saturated heterocycles. The van der Waals surface area contributed by atoms with Gasteiger partial charge >= 0.3 is 0 Å². The van der Waals surface area contributed by atoms with Gasteiger partial charge in [0.15, 0.2) is 0 Å². The molecular weight excluding hydrogens is 224 g/mol. The molecule has 0 N–H and O–H groups in total. The van der Waals surface area contributed by atoms with Crippen molar-refractivity contribution in [2.75, 3.05) is 0 Å². The van der Waals surface area contributed by atoms with Gasteiger partial charge in [-0.2, -0.15) is 0 Å². The molecule has 0 amide bonds. The Balaban J connectivity index is 0.000000360. The molecule has 0 aromatic carbocycles. The zero-order valence-electron chi connectivity index (χ0n) is 3.74. The van der Waals surface area contributed by atoms with Crippen molar-refractivity contribution >= 4 is 0 Å². The van der Waals surface area contributed by atoms with Crippen molar-refractivity contribution in [3.63, 3.8) is 0 Å². The van der Waals surface area contributed by atoms with Gasteiger partial charge in [0.05, 0.1) is 0 Å². The van der Waals surface area contributed by atoms with Crippen molar-refractivity contribution in [2.24, 2.45) is 0 Å². The van der Waals surface area contributed by atoms with E-state index in [0.717, 1.165) is 0 Å². The average Bonchev–Trinajstić information content (AvgIpc) is 1.72. The molecule has 1 aromatic heterocycles. The average molecular weight is 229 g/mol. The van der Waals surface area contributed by atoms with E-state index in [1.807, 2.05) is 18.2 Å². The number of hydrogen-bond donors (Lipinski definition) is 0. The molecule has 1 nitrogen and oxygen atoms in total. The normalized spacial score (nSPS) is 6.86. The first-order valence-corrected chi connectivity index (χ1v) is 1.85. The summed E-state index contributed by atoms with van der Waals surface area (Å²) in [5.41, 5.74) is 0. The first-order chi connectivity index (χ1) is 3.00. The van der Waals surface area contributed by atoms with E-state index in [9.17, 15) is 0 Å². The van der Waals surface area contributed by atoms with Gasteiger partial charge in [0, 0.05) is 52.8 Å². The van der Waals surface area contributed by atoms with Crippen LogP contribution in [0.4, 0.5) is 0 Å². The maximum atomic E-state index is 3.78. The molecule has 0 atom stereocenters. The standard InChI is InChI=1S/C5H5N.Sm/c1-2-4-6-5-3-1;/h1-5H;. The molecule has 1 heterocycles. The number of pyridine rings is 1. The van der Waals surface area contributed by atoms with Crippen molar-refractivity contribution < 1.29 is 40.4 Å². The zero-order chi connectivity index (χ0) is 4.24. The molecule has 1 aromatic rings. The Bertz CT molecular complexity index is 80.0. The SMILES string of the molecule is [Sm].c1ccncc1. The van der Waals surface area contributed by atoms with E-state index in [1.54, 1.807) is 12.4 Å². The zero-order valence-corrected chi connectivity index (χ0v) is 6.36. The van der Waals surface area contributed by atoms with E-state index in [-0.39, 0.29) is 40.4 Å². The second-order valence-corrected chi connectivity index (χ2v) is 1.02. The van der Waals surface area contributed by atoms with Gasteiger partial charge < -0.3 is 0 Å². The fraction of sp³-hybridized carbons (Fsp3) is 0. The third-order valence-electron chi connectivity index (χ3n) is 0.566. The summed E-state index contributed by atoms with van der Waals surface area (Å²) in [6.07, 6.45) is 3.50. The number of nitrogens with zero attached hydrogens (tertiary/aromatic N) is 1. The van der Waals surface area contributed by atoms with Gasteiger partial charge in [0.2, 0.25) is 0 Å². The van der Waals surface area contributed by atoms with Crippen LogP contribution in [0.5, 0.6) is 0 Å². The van der Waals surface area contributed by atoms with Gasteiger partial charge in [-0.25, -0.2) is 0 Å². The maximum Gasteiger partial charge on any atom is 0.0267 e. The third kappa shape index (κ3) is 3.10. The summed E-state index contributed by atoms with van der Waals surface area (Å²) in [4.78, 5) is 3.78. The van der Waals surface area contributed by atoms with E-state index < -0.39 is 0 Å². The van der Waals surface area contributed by atoms with Crippen molar-refractivity contribution in [1.82, 2.24) is 4.98 Å². The summed E-state index contributed by atoms with van der Waals surface area (Å²) >= 11 is 0. The van der Waals surface area contributed by atoms with Crippen molar-refractivity contribution in [1.29, 1.82) is 0 Å². The van der Waals surface area contributed by atoms with Gasteiger partial charge in [0.25, 0.3) is 0 Å². The van der Waals surface area contributed by atoms with Gasteiger partial charge in [0.1, 0.15) is 0 Å². The second-order valence-electron chi connectivity index (χ2n) is 1.02. The molecule has 0 fully saturated rings. The van der Waals surface area contributed by atoms with E-state index in [4.69, 9.17) is 0 Å². The van der Waals surface area contributed by atoms with Gasteiger partial charge in [-0.1, -0.05) is 6.07 Å². The second kappa shape index (κ2) is 4.64. The van der Waals surface area contributed by atoms with Crippen LogP contribution in [0.15, 0.2) is 30.6 Å². The van der Waals surface area contributed by atoms with E-state index in [2.05, 4.69) is 4.98 Å². The predicted octanol–water partition coefficient (Wildman–Crippen LogP) is 1.08. The van der Waals surface area contributed by atoms with Crippen LogP contribution in [0.2, 0.25) is 0 Å². The summed E-state index contributed by atoms with van der Waals surface area (Å²) < 4.78 is 0. The molecule has 0 spiro atoms. The molecule has 1 rings (SSSR count). The first-order valence-electron chi connectivity index (χ1n) is 1.85. The summed E-state index contributed by atoms with van der Waals surface area (Å²) in [7, 11) is 0. The Morgan fingerprint density at radius 3 is 1.57 bits per heavy atom. The molecule has 0 aliphatic carbocycles. The molecule has 0 bridgehead atoms. The number of hydrogen-bond acceptors (Lipinski definition) is 1. The van der Waals surface area contributed by atoms with E-state index >= 15 is 0 Å². The summed E-state index contributed by atoms with van der Waals surface area (Å²) in [6.45, 7) is 0. The van der Waals surface area contributed by atoms with Crippen LogP contribution in [0.3, 0.4) is 0 Å². The predicted molar refractivity (Wildman–Crippen MR) is 24.2 cm³/mol. The Labute approximate surface area is 75.3 Å². The Morgan fingerprint density at radius 1 is 0.857 bits per heavy atom. The minimum atomic E-state index is 0. The van der Waals surface area contributed by atoms with Gasteiger partial charge in [-0.15, -0.1) is 0 Å². The minimum absolute atomic E-state index is 0. The molecule has 0 aliphatic heterocycles. The van der Waals surface area contributed by atoms with Crippen LogP contribution in [-0.4, -0.2) is 4.98 Å². The molecule has 0 saturated carbocycles. The third-order valence-corrected chi connectivity index (χ3v) is 0.566. The van der Waals surface area contributed by atoms with Gasteiger partial charge in [-0.05, 0) is 12.1 Å². The summed E-state index contributed by atoms with van der Waals surface area (Å²) in [5.74, 6) is 0. The van der Waals surface area contributed by atoms with E-state index in [0.29, 0.717) is 0 Å². The van der Waals surface area contributed by atoms with Crippen LogP contribution in [0, 0.1) is 40.4 Å². The molecule has 2 heteroatoms. The Hall–Kier alpha value is 0.488. The summed E-state index contributed by atoms with van der Waals surface area (Å²) in [5, 5.41) is 0. The largest absolute Gasteiger partial charge is 0.265 e. The Kier molecular flexibility index (Phi) is 4.97. The molecule has 0 radical (unpaired) electrons. The molecule has 7 heavy (non-hydrogen) atoms. The topological polar surface area (TPSA) is 12.9 Å². The van der Waals surface area contributed by atoms with Crippen LogP contribution in [0.1, 0.15) is 0 Å². The molecule has 0 unspecified atom stereocenters. The van der Waals surface area contributed by atoms with Gasteiger partial charge in [-0.3, -0.25) is 4.98 Å². The molecule has 36 valence electrons. The molecular formula is C5H5NSm. The van der Waals surface area contributed by atoms with Crippen LogP contribution in [-0.2, 0) is 0 Å². The van der Waals surface area contributed by atoms with Crippen LogP contribution < -0.4 is 0 Å². The summed E-state index contributed by atoms with van der Waals surface area (Å²) in [6, 6.07) is 5.72. The van der Waals surface area contributed by atoms with E-state index in [1.165, 1.54) is 0 Å². The molecule has 0 aliphatic rings. The number of aromatic nitrogens is 1. The maximum absolute atomic E-state index is 3.78. The Morgan fingerprint density at radius 2 is 1.43 bits per heavy atom. The fourth-order valence-electron chi connectivity index (χ4n) is 0.313. The monoisotopic (exact) mass is 231 g/mol. The van der Waals surface area contributed by atoms with Crippen molar-refractivity contribution in [3.05, 3.63) is 30.6 Å². The van der Waals surface area contributed by atoms with Crippen molar-refractivity contribution in [2.45, 2.75) is 0 Å². The fourth-order valence-corrected chi connectivity index (χ4v) is 0.313. The minimum Gasteiger partial charge on any atom is -0.265 e. The van der Waals surface area contributed by atoms with Crippen molar-refractivity contribution in [3.8, 4) is 0 Å². The van der Waals surface area contributed by atoms with Crippen LogP contribution in [0.25, 0.3) is 0 Å². The van der Waals surface area contributed by atoms with Crippen LogP contribution >= 0.6 is 0 Å². The smallest absolute Gasteiger partial charge is 0.0267 e. The first kappa shape index (κ1) is 7.49.